The summed E-state index contributed by atoms with van der Waals surface area (Å²) in [5, 5.41) is 15.2. The predicted molar refractivity (Wildman–Crippen MR) is 125 cm³/mol. The van der Waals surface area contributed by atoms with Crippen LogP contribution in [0.2, 0.25) is 0 Å². The molecule has 3 N–H and O–H groups in total. The molecule has 10 nitrogen and oxygen atoms in total. The van der Waals surface area contributed by atoms with Gasteiger partial charge in [0.05, 0.1) is 24.4 Å². The highest BCUT2D eigenvalue weighted by molar-refractivity contribution is 7.89. The Morgan fingerprint density at radius 3 is 2.29 bits per heavy atom. The van der Waals surface area contributed by atoms with Crippen molar-refractivity contribution in [1.82, 2.24) is 14.9 Å². The van der Waals surface area contributed by atoms with Gasteiger partial charge >= 0.3 is 6.09 Å². The van der Waals surface area contributed by atoms with Crippen LogP contribution in [0.1, 0.15) is 45.6 Å². The molecule has 186 valence electrons. The van der Waals surface area contributed by atoms with E-state index in [1.54, 1.807) is 12.1 Å². The number of piperidine rings is 1. The van der Waals surface area contributed by atoms with Crippen molar-refractivity contribution in [2.45, 2.75) is 69.5 Å². The lowest BCUT2D eigenvalue weighted by molar-refractivity contribution is -0.908. The van der Waals surface area contributed by atoms with Gasteiger partial charge in [-0.1, -0.05) is 17.7 Å². The second-order valence-corrected chi connectivity index (χ2v) is 11.7. The maximum atomic E-state index is 13.2. The van der Waals surface area contributed by atoms with Gasteiger partial charge in [-0.2, -0.15) is 4.79 Å². The first-order valence-corrected chi connectivity index (χ1v) is 12.7. The molecule has 0 radical (unpaired) electrons. The summed E-state index contributed by atoms with van der Waals surface area (Å²) in [7, 11) is -4.04. The number of benzene rings is 1. The minimum Gasteiger partial charge on any atom is -0.435 e. The molecule has 1 aromatic carbocycles. The molecule has 1 fully saturated rings. The fraction of sp³-hybridized carbons (Fsp3) is 0.522. The van der Waals surface area contributed by atoms with Gasteiger partial charge in [0.1, 0.15) is 11.6 Å². The average molecular weight is 494 g/mol. The molecule has 0 aliphatic carbocycles. The molecule has 2 aliphatic rings. The van der Waals surface area contributed by atoms with Gasteiger partial charge in [0.2, 0.25) is 11.8 Å². The molecule has 0 saturated carbocycles. The van der Waals surface area contributed by atoms with Gasteiger partial charge in [0.25, 0.3) is 10.0 Å². The number of carbonyl (C=O) groups excluding carboxylic acids is 2. The van der Waals surface area contributed by atoms with Crippen LogP contribution in [0.25, 0.3) is 0 Å². The maximum Gasteiger partial charge on any atom is 0.513 e. The molecule has 2 aliphatic heterocycles. The topological polar surface area (TPSA) is 133 Å². The van der Waals surface area contributed by atoms with Crippen molar-refractivity contribution in [3.8, 4) is 0 Å². The smallest absolute Gasteiger partial charge is 0.435 e. The van der Waals surface area contributed by atoms with E-state index >= 15 is 0 Å². The molecule has 11 heteroatoms. The Hall–Kier alpha value is -2.92. The predicted octanol–water partition coefficient (Wildman–Crippen LogP) is 1.92. The summed E-state index contributed by atoms with van der Waals surface area (Å²) in [6.45, 7) is 8.23. The largest absolute Gasteiger partial charge is 0.513 e. The summed E-state index contributed by atoms with van der Waals surface area (Å²) in [6, 6.07) is 4.78. The first-order chi connectivity index (χ1) is 15.8. The number of rotatable bonds is 5. The maximum absolute atomic E-state index is 13.2. The summed E-state index contributed by atoms with van der Waals surface area (Å²) in [5.74, 6) is -1.05. The highest BCUT2D eigenvalue weighted by Gasteiger charge is 2.50. The van der Waals surface area contributed by atoms with E-state index in [2.05, 4.69) is 10.6 Å². The van der Waals surface area contributed by atoms with Gasteiger partial charge in [-0.05, 0) is 39.8 Å². The Balaban J connectivity index is 1.70. The lowest BCUT2D eigenvalue weighted by Gasteiger charge is -2.47. The van der Waals surface area contributed by atoms with Crippen LogP contribution >= 0.6 is 0 Å². The van der Waals surface area contributed by atoms with Crippen LogP contribution in [0.15, 0.2) is 41.6 Å². The average Bonchev–Trinajstić information content (AvgIpc) is 2.75. The molecule has 2 heterocycles. The van der Waals surface area contributed by atoms with E-state index in [4.69, 9.17) is 0 Å². The minimum absolute atomic E-state index is 0.0279. The minimum atomic E-state index is -4.04. The Kier molecular flexibility index (Phi) is 7.09. The van der Waals surface area contributed by atoms with E-state index in [0.29, 0.717) is 25.9 Å². The third-order valence-corrected chi connectivity index (χ3v) is 8.57. The molecular weight excluding hydrogens is 460 g/mol. The Labute approximate surface area is 200 Å². The van der Waals surface area contributed by atoms with Crippen molar-refractivity contribution in [2.24, 2.45) is 0 Å². The number of carboxylic acid groups (broad SMARTS) is 1. The van der Waals surface area contributed by atoms with Crippen LogP contribution in [0.3, 0.4) is 0 Å². The fourth-order valence-corrected chi connectivity index (χ4v) is 5.98. The van der Waals surface area contributed by atoms with Gasteiger partial charge in [-0.25, -0.2) is 12.9 Å². The number of aryl methyl sites for hydroxylation is 1. The number of hydrogen-bond acceptors (Lipinski definition) is 5. The molecule has 1 aromatic rings. The molecule has 0 unspecified atom stereocenters. The number of nitrogens with zero attached hydrogens (tertiary/aromatic N) is 2. The highest BCUT2D eigenvalue weighted by atomic mass is 32.2. The summed E-state index contributed by atoms with van der Waals surface area (Å²) in [4.78, 5) is 37.3. The number of hydrogen-bond donors (Lipinski definition) is 3. The van der Waals surface area contributed by atoms with E-state index in [9.17, 15) is 27.9 Å². The van der Waals surface area contributed by atoms with Gasteiger partial charge in [0, 0.05) is 31.3 Å². The van der Waals surface area contributed by atoms with Crippen LogP contribution < -0.4 is 10.6 Å². The zero-order chi connectivity index (χ0) is 25.3. The van der Waals surface area contributed by atoms with Crippen molar-refractivity contribution >= 4 is 27.9 Å². The SMILES string of the molecule is Cc1ccc(S(=O)(=O)N2C=CNC(=O)[C@H]2CC(=O)NC2CC[N+](C(=O)O)(C(C)(C)C)CC2)cc1. The summed E-state index contributed by atoms with van der Waals surface area (Å²) >= 11 is 0. The number of quaternary nitrogens is 1. The molecule has 0 aromatic heterocycles. The fourth-order valence-electron chi connectivity index (χ4n) is 4.53. The van der Waals surface area contributed by atoms with Crippen LogP contribution in [0, 0.1) is 6.92 Å². The quantitative estimate of drug-likeness (QED) is 0.537. The summed E-state index contributed by atoms with van der Waals surface area (Å²) < 4.78 is 27.2. The number of carbonyl (C=O) groups is 3. The monoisotopic (exact) mass is 493 g/mol. The molecule has 34 heavy (non-hydrogen) atoms. The van der Waals surface area contributed by atoms with Gasteiger partial charge < -0.3 is 15.7 Å². The molecule has 0 spiro atoms. The van der Waals surface area contributed by atoms with Crippen LogP contribution in [0.5, 0.6) is 0 Å². The van der Waals surface area contributed by atoms with E-state index in [1.807, 2.05) is 27.7 Å². The van der Waals surface area contributed by atoms with Gasteiger partial charge in [-0.15, -0.1) is 0 Å². The normalized spacial score (nSPS) is 25.5. The highest BCUT2D eigenvalue weighted by Crippen LogP contribution is 2.31. The van der Waals surface area contributed by atoms with Crippen LogP contribution in [0.4, 0.5) is 4.79 Å². The summed E-state index contributed by atoms with van der Waals surface area (Å²) in [6.07, 6.45) is 2.18. The standard InChI is InChI=1S/C23H32N4O6S/c1-16-5-7-18(8-6-16)34(32,33)26-12-11-24-21(29)19(26)15-20(28)25-17-9-13-27(14-10-17,22(30)31)23(2,3)4/h5-8,11-12,17,19H,9-10,13-15H2,1-4H3,(H2-,24,25,28,29,30,31)/p+1/t17?,19-,27?/m1/s1. The lowest BCUT2D eigenvalue weighted by atomic mass is 9.93. The second kappa shape index (κ2) is 9.38. The van der Waals surface area contributed by atoms with Crippen molar-refractivity contribution in [2.75, 3.05) is 13.1 Å². The van der Waals surface area contributed by atoms with E-state index in [0.717, 1.165) is 9.87 Å². The van der Waals surface area contributed by atoms with E-state index < -0.39 is 39.5 Å². The molecule has 3 rings (SSSR count). The zero-order valence-electron chi connectivity index (χ0n) is 19.9. The Morgan fingerprint density at radius 2 is 1.76 bits per heavy atom. The lowest BCUT2D eigenvalue weighted by Crippen LogP contribution is -2.67. The van der Waals surface area contributed by atoms with E-state index in [1.165, 1.54) is 24.5 Å². The van der Waals surface area contributed by atoms with Crippen molar-refractivity contribution < 1.29 is 32.4 Å². The number of nitrogens with one attached hydrogen (secondary N) is 2. The van der Waals surface area contributed by atoms with Crippen molar-refractivity contribution in [3.63, 3.8) is 0 Å². The Bertz CT molecular complexity index is 1080. The van der Waals surface area contributed by atoms with Crippen LogP contribution in [-0.2, 0) is 19.6 Å². The third-order valence-electron chi connectivity index (χ3n) is 6.77. The zero-order valence-corrected chi connectivity index (χ0v) is 20.8. The first-order valence-electron chi connectivity index (χ1n) is 11.3. The van der Waals surface area contributed by atoms with Gasteiger partial charge in [-0.3, -0.25) is 13.9 Å². The third kappa shape index (κ3) is 4.95. The van der Waals surface area contributed by atoms with Gasteiger partial charge in [0.15, 0.2) is 0 Å². The van der Waals surface area contributed by atoms with Crippen LogP contribution in [-0.4, -0.2) is 70.9 Å². The molecule has 0 bridgehead atoms. The van der Waals surface area contributed by atoms with Crippen molar-refractivity contribution in [3.05, 3.63) is 42.2 Å². The number of likely N-dealkylation sites (tertiary alicyclic amines) is 1. The number of amides is 3. The molecule has 1 atom stereocenters. The summed E-state index contributed by atoms with van der Waals surface area (Å²) in [5.41, 5.74) is 0.407. The Morgan fingerprint density at radius 1 is 1.18 bits per heavy atom. The number of sulfonamides is 1. The molecular formula is C23H33N4O6S+. The van der Waals surface area contributed by atoms with E-state index in [-0.39, 0.29) is 21.8 Å². The first kappa shape index (κ1) is 25.7. The van der Waals surface area contributed by atoms with Crippen molar-refractivity contribution in [1.29, 1.82) is 0 Å². The second-order valence-electron chi connectivity index (χ2n) is 9.90. The molecule has 1 saturated heterocycles. The molecule has 3 amide bonds.